The second-order valence-corrected chi connectivity index (χ2v) is 7.24. The van der Waals surface area contributed by atoms with Crippen molar-refractivity contribution in [3.05, 3.63) is 38.7 Å². The van der Waals surface area contributed by atoms with E-state index >= 15 is 0 Å². The number of hydrogen-bond acceptors (Lipinski definition) is 9. The van der Waals surface area contributed by atoms with Crippen LogP contribution < -0.4 is 26.0 Å². The van der Waals surface area contributed by atoms with Gasteiger partial charge >= 0.3 is 11.7 Å². The highest BCUT2D eigenvalue weighted by atomic mass is 16.5. The van der Waals surface area contributed by atoms with Gasteiger partial charge < -0.3 is 24.8 Å². The van der Waals surface area contributed by atoms with Crippen molar-refractivity contribution in [2.24, 2.45) is 0 Å². The number of aliphatic hydroxyl groups excluding tert-OH is 1. The molecule has 1 aliphatic heterocycles. The molecular weight excluding hydrogens is 424 g/mol. The van der Waals surface area contributed by atoms with Gasteiger partial charge in [0.05, 0.1) is 26.4 Å². The molecule has 2 atom stereocenters. The number of nitrogens with zero attached hydrogens (tertiary/aromatic N) is 4. The summed E-state index contributed by atoms with van der Waals surface area (Å²) in [6.07, 6.45) is 0.143. The largest absolute Gasteiger partial charge is 0.481 e. The van der Waals surface area contributed by atoms with E-state index in [4.69, 9.17) is 9.47 Å². The molecule has 1 fully saturated rings. The summed E-state index contributed by atoms with van der Waals surface area (Å²) in [5.41, 5.74) is -0.845. The predicted octanol–water partition coefficient (Wildman–Crippen LogP) is -1.18. The molecule has 1 saturated heterocycles. The predicted molar refractivity (Wildman–Crippen MR) is 111 cm³/mol. The van der Waals surface area contributed by atoms with Gasteiger partial charge in [0.2, 0.25) is 17.7 Å². The molecule has 3 heterocycles. The third-order valence-electron chi connectivity index (χ3n) is 5.02. The van der Waals surface area contributed by atoms with Crippen LogP contribution in [0.5, 0.6) is 11.9 Å². The molecule has 3 N–H and O–H groups in total. The third kappa shape index (κ3) is 5.11. The van der Waals surface area contributed by atoms with E-state index in [1.807, 2.05) is 0 Å². The lowest BCUT2D eigenvalue weighted by Gasteiger charge is -2.17. The van der Waals surface area contributed by atoms with Crippen LogP contribution >= 0.6 is 0 Å². The average Bonchev–Trinajstić information content (AvgIpc) is 3.15. The van der Waals surface area contributed by atoms with E-state index in [9.17, 15) is 24.3 Å². The lowest BCUT2D eigenvalue weighted by molar-refractivity contribution is -0.132. The normalized spacial score (nSPS) is 17.8. The minimum absolute atomic E-state index is 0.00996. The number of aryl methyl sites for hydroxylation is 1. The highest BCUT2D eigenvalue weighted by molar-refractivity contribution is 5.92. The Morgan fingerprint density at radius 3 is 2.66 bits per heavy atom. The summed E-state index contributed by atoms with van der Waals surface area (Å²) in [4.78, 5) is 59.9. The Hall–Kier alpha value is -3.74. The maximum absolute atomic E-state index is 12.6. The van der Waals surface area contributed by atoms with E-state index in [1.54, 1.807) is 6.92 Å². The lowest BCUT2D eigenvalue weighted by atomic mass is 10.2. The van der Waals surface area contributed by atoms with Crippen LogP contribution in [0, 0.1) is 6.92 Å². The molecule has 0 aliphatic carbocycles. The molecule has 0 saturated carbocycles. The monoisotopic (exact) mass is 448 g/mol. The molecular formula is C19H24N6O7. The number of likely N-dealkylation sites (tertiary alicyclic amines) is 1. The van der Waals surface area contributed by atoms with Gasteiger partial charge in [0.15, 0.2) is 0 Å². The molecule has 13 nitrogen and oxygen atoms in total. The van der Waals surface area contributed by atoms with Gasteiger partial charge in [-0.2, -0.15) is 9.97 Å². The summed E-state index contributed by atoms with van der Waals surface area (Å²) < 4.78 is 11.2. The third-order valence-corrected chi connectivity index (χ3v) is 5.02. The molecule has 3 rings (SSSR count). The van der Waals surface area contributed by atoms with Crippen molar-refractivity contribution in [1.29, 1.82) is 0 Å². The zero-order valence-corrected chi connectivity index (χ0v) is 17.8. The van der Waals surface area contributed by atoms with Gasteiger partial charge in [0.1, 0.15) is 5.82 Å². The fourth-order valence-corrected chi connectivity index (χ4v) is 3.33. The van der Waals surface area contributed by atoms with Crippen LogP contribution in [0.2, 0.25) is 0 Å². The number of aromatic amines is 1. The number of ether oxygens (including phenoxy) is 2. The summed E-state index contributed by atoms with van der Waals surface area (Å²) in [7, 11) is 2.78. The molecule has 32 heavy (non-hydrogen) atoms. The van der Waals surface area contributed by atoms with Crippen LogP contribution in [0.3, 0.4) is 0 Å². The van der Waals surface area contributed by atoms with Gasteiger partial charge in [-0.15, -0.1) is 0 Å². The summed E-state index contributed by atoms with van der Waals surface area (Å²) in [5, 5.41) is 12.9. The van der Waals surface area contributed by atoms with Crippen LogP contribution in [0.1, 0.15) is 24.4 Å². The van der Waals surface area contributed by atoms with Gasteiger partial charge in [-0.25, -0.2) is 4.79 Å². The number of H-pyrrole nitrogens is 1. The molecule has 0 bridgehead atoms. The Balaban J connectivity index is 1.59. The van der Waals surface area contributed by atoms with Crippen LogP contribution in [0.25, 0.3) is 0 Å². The maximum Gasteiger partial charge on any atom is 0.328 e. The van der Waals surface area contributed by atoms with E-state index < -0.39 is 29.3 Å². The zero-order chi connectivity index (χ0) is 23.4. The molecule has 0 unspecified atom stereocenters. The molecule has 0 radical (unpaired) electrons. The van der Waals surface area contributed by atoms with Crippen LogP contribution in [0.4, 0.5) is 5.82 Å². The summed E-state index contributed by atoms with van der Waals surface area (Å²) in [6.45, 7) is 1.63. The number of β-amino-alcohol motifs (C(OH)–C–C–N with tert-alkyl or cyclic N) is 1. The molecule has 2 amide bonds. The summed E-state index contributed by atoms with van der Waals surface area (Å²) >= 11 is 0. The maximum atomic E-state index is 12.6. The second kappa shape index (κ2) is 9.60. The van der Waals surface area contributed by atoms with Crippen LogP contribution in [0.15, 0.2) is 21.9 Å². The van der Waals surface area contributed by atoms with E-state index in [2.05, 4.69) is 20.3 Å². The zero-order valence-electron chi connectivity index (χ0n) is 17.8. The van der Waals surface area contributed by atoms with Crippen molar-refractivity contribution in [3.8, 4) is 11.9 Å². The Kier molecular flexibility index (Phi) is 6.88. The van der Waals surface area contributed by atoms with Crippen molar-refractivity contribution in [2.45, 2.75) is 31.9 Å². The van der Waals surface area contributed by atoms with Gasteiger partial charge in [-0.1, -0.05) is 0 Å². The molecule has 172 valence electrons. The van der Waals surface area contributed by atoms with Crippen molar-refractivity contribution in [3.63, 3.8) is 0 Å². The lowest BCUT2D eigenvalue weighted by Crippen LogP contribution is -2.37. The molecule has 0 aromatic carbocycles. The summed E-state index contributed by atoms with van der Waals surface area (Å²) in [6, 6.07) is 0.727. The van der Waals surface area contributed by atoms with E-state index in [0.717, 1.165) is 0 Å². The molecule has 2 aromatic rings. The number of methoxy groups -OCH3 is 2. The fourth-order valence-electron chi connectivity index (χ4n) is 3.33. The first-order valence-electron chi connectivity index (χ1n) is 9.76. The SMILES string of the molecule is COc1cc(NC(=O)CCC(=O)N2C[C@@H](O)[C@H](n3cc(C)c(=O)[nH]c3=O)C2)nc(OC)n1. The Bertz CT molecular complexity index is 1110. The van der Waals surface area contributed by atoms with Crippen molar-refractivity contribution in [2.75, 3.05) is 32.6 Å². The van der Waals surface area contributed by atoms with Crippen LogP contribution in [-0.4, -0.2) is 74.8 Å². The van der Waals surface area contributed by atoms with Crippen molar-refractivity contribution < 1.29 is 24.2 Å². The van der Waals surface area contributed by atoms with Crippen molar-refractivity contribution in [1.82, 2.24) is 24.4 Å². The molecule has 13 heteroatoms. The summed E-state index contributed by atoms with van der Waals surface area (Å²) in [5.74, 6) is -0.442. The first kappa shape index (κ1) is 22.9. The molecule has 1 aliphatic rings. The smallest absolute Gasteiger partial charge is 0.328 e. The van der Waals surface area contributed by atoms with Crippen molar-refractivity contribution >= 4 is 17.6 Å². The van der Waals surface area contributed by atoms with Gasteiger partial charge in [0, 0.05) is 43.8 Å². The fraction of sp³-hybridized carbons (Fsp3) is 0.474. The number of carbonyl (C=O) groups excluding carboxylic acids is 2. The standard InChI is InChI=1S/C19H24N6O7/c1-10-7-25(19(30)23-17(10)29)11-8-24(9-12(11)26)16(28)5-4-14(27)20-13-6-15(31-2)22-18(21-13)32-3/h6-7,11-12,26H,4-5,8-9H2,1-3H3,(H,23,29,30)(H,20,21,22,27)/t11-,12-/m1/s1. The number of hydrogen-bond donors (Lipinski definition) is 3. The molecule has 2 aromatic heterocycles. The quantitative estimate of drug-likeness (QED) is 0.472. The number of carbonyl (C=O) groups is 2. The first-order chi connectivity index (χ1) is 15.2. The first-order valence-corrected chi connectivity index (χ1v) is 9.76. The average molecular weight is 448 g/mol. The Morgan fingerprint density at radius 2 is 1.97 bits per heavy atom. The van der Waals surface area contributed by atoms with E-state index in [0.29, 0.717) is 5.56 Å². The Morgan fingerprint density at radius 1 is 1.22 bits per heavy atom. The Labute approximate surface area is 182 Å². The number of rotatable bonds is 7. The second-order valence-electron chi connectivity index (χ2n) is 7.24. The van der Waals surface area contributed by atoms with Crippen LogP contribution in [-0.2, 0) is 9.59 Å². The minimum atomic E-state index is -0.989. The van der Waals surface area contributed by atoms with Gasteiger partial charge in [-0.05, 0) is 6.92 Å². The number of aliphatic hydroxyl groups is 1. The number of amides is 2. The number of nitrogens with one attached hydrogen (secondary N) is 2. The van der Waals surface area contributed by atoms with Gasteiger partial charge in [0.25, 0.3) is 5.56 Å². The van der Waals surface area contributed by atoms with E-state index in [-0.39, 0.29) is 49.5 Å². The van der Waals surface area contributed by atoms with E-state index in [1.165, 1.54) is 35.9 Å². The highest BCUT2D eigenvalue weighted by Crippen LogP contribution is 2.22. The number of aromatic nitrogens is 4. The highest BCUT2D eigenvalue weighted by Gasteiger charge is 2.35. The topological polar surface area (TPSA) is 169 Å². The minimum Gasteiger partial charge on any atom is -0.481 e. The number of anilines is 1. The molecule has 0 spiro atoms. The van der Waals surface area contributed by atoms with Gasteiger partial charge in [-0.3, -0.25) is 23.9 Å².